The van der Waals surface area contributed by atoms with Crippen molar-refractivity contribution in [3.8, 4) is 0 Å². The number of rotatable bonds is 2. The molecule has 0 radical (unpaired) electrons. The molecule has 3 nitrogen and oxygen atoms in total. The molecule has 0 rings (SSSR count). The Morgan fingerprint density at radius 2 is 2.14 bits per heavy atom. The average molecular weight is 102 g/mol. The number of carbonyl (C=O) groups excluding carboxylic acids is 1. The molecule has 0 bridgehead atoms. The second-order valence-electron chi connectivity index (χ2n) is 1.01. The van der Waals surface area contributed by atoms with Gasteiger partial charge in [-0.25, -0.2) is 0 Å². The normalized spacial score (nSPS) is 7.71. The van der Waals surface area contributed by atoms with Gasteiger partial charge in [-0.1, -0.05) is 0 Å². The maximum Gasteiger partial charge on any atom is 0.406 e. The number of ether oxygens (including phenoxy) is 1. The average Bonchev–Trinajstić information content (AvgIpc) is 1.68. The monoisotopic (exact) mass is 102 g/mol. The van der Waals surface area contributed by atoms with Gasteiger partial charge in [0.1, 0.15) is 0 Å². The summed E-state index contributed by atoms with van der Waals surface area (Å²) < 4.78 is 8.65. The topological polar surface area (TPSA) is 35.5 Å². The van der Waals surface area contributed by atoms with E-state index in [1.165, 1.54) is 14.2 Å². The largest absolute Gasteiger partial charge is 0.475 e. The minimum Gasteiger partial charge on any atom is -0.475 e. The molecule has 40 valence electrons. The molecular weight excluding hydrogens is 94.8 g/mol. The zero-order chi connectivity index (χ0) is 5.70. The van der Waals surface area contributed by atoms with Crippen LogP contribution in [0.5, 0.6) is 0 Å². The maximum absolute atomic E-state index is 10.1. The van der Waals surface area contributed by atoms with Crippen LogP contribution in [0.15, 0.2) is 0 Å². The molecule has 0 aliphatic carbocycles. The van der Waals surface area contributed by atoms with Crippen molar-refractivity contribution in [3.63, 3.8) is 0 Å². The summed E-state index contributed by atoms with van der Waals surface area (Å²) in [5, 5.41) is 0. The predicted octanol–water partition coefficient (Wildman–Crippen LogP) is -0.249. The fourth-order valence-electron chi connectivity index (χ4n) is 0.177. The summed E-state index contributed by atoms with van der Waals surface area (Å²) in [6, 6.07) is 0. The highest BCUT2D eigenvalue weighted by Gasteiger charge is 1.98. The Balaban J connectivity index is 3.00. The van der Waals surface area contributed by atoms with Crippen molar-refractivity contribution in [2.75, 3.05) is 14.2 Å². The van der Waals surface area contributed by atoms with E-state index in [2.05, 4.69) is 9.39 Å². The number of hydrogen-bond donors (Lipinski definition) is 0. The molecule has 4 heteroatoms. The van der Waals surface area contributed by atoms with E-state index in [0.717, 1.165) is 0 Å². The molecule has 0 unspecified atom stereocenters. The first kappa shape index (κ1) is 6.49. The molecule has 0 fully saturated rings. The van der Waals surface area contributed by atoms with Crippen molar-refractivity contribution in [1.82, 2.24) is 0 Å². The Labute approximate surface area is 42.9 Å². The molecule has 0 atom stereocenters. The van der Waals surface area contributed by atoms with Crippen LogP contribution in [0, 0.1) is 0 Å². The standard InChI is InChI=1S/C3H7BO3/c1-6-3(5)4-7-2/h4H,1-2H3. The van der Waals surface area contributed by atoms with Gasteiger partial charge < -0.3 is 9.39 Å². The fraction of sp³-hybridized carbons (Fsp3) is 0.667. The van der Waals surface area contributed by atoms with Gasteiger partial charge in [0.2, 0.25) is 0 Å². The Kier molecular flexibility index (Phi) is 3.41. The Bertz CT molecular complexity index is 63.2. The molecule has 0 amide bonds. The second-order valence-corrected chi connectivity index (χ2v) is 1.01. The third kappa shape index (κ3) is 3.32. The first-order valence-electron chi connectivity index (χ1n) is 1.87. The van der Waals surface area contributed by atoms with E-state index < -0.39 is 0 Å². The minimum absolute atomic E-state index is 0.0382. The molecule has 0 aliphatic rings. The van der Waals surface area contributed by atoms with Crippen LogP contribution < -0.4 is 0 Å². The number of carbonyl (C=O) groups is 1. The van der Waals surface area contributed by atoms with E-state index in [9.17, 15) is 4.79 Å². The van der Waals surface area contributed by atoms with E-state index in [0.29, 0.717) is 0 Å². The molecule has 0 N–H and O–H groups in total. The predicted molar refractivity (Wildman–Crippen MR) is 26.6 cm³/mol. The van der Waals surface area contributed by atoms with Crippen molar-refractivity contribution in [2.24, 2.45) is 0 Å². The summed E-state index contributed by atoms with van der Waals surface area (Å²) in [7, 11) is 2.80. The van der Waals surface area contributed by atoms with Crippen molar-refractivity contribution in [1.29, 1.82) is 0 Å². The van der Waals surface area contributed by atoms with E-state index in [1.54, 1.807) is 0 Å². The maximum atomic E-state index is 10.1. The van der Waals surface area contributed by atoms with E-state index in [1.807, 2.05) is 0 Å². The highest BCUT2D eigenvalue weighted by Crippen LogP contribution is 1.71. The minimum atomic E-state index is -0.345. The lowest BCUT2D eigenvalue weighted by Gasteiger charge is -1.90. The van der Waals surface area contributed by atoms with Crippen LogP contribution >= 0.6 is 0 Å². The van der Waals surface area contributed by atoms with Gasteiger partial charge in [-0.15, -0.1) is 0 Å². The zero-order valence-electron chi connectivity index (χ0n) is 4.43. The van der Waals surface area contributed by atoms with Gasteiger partial charge >= 0.3 is 7.48 Å². The summed E-state index contributed by atoms with van der Waals surface area (Å²) in [5.74, 6) is -0.345. The van der Waals surface area contributed by atoms with Crippen molar-refractivity contribution in [2.45, 2.75) is 0 Å². The third-order valence-corrected chi connectivity index (χ3v) is 0.490. The lowest BCUT2D eigenvalue weighted by atomic mass is 10.0. The van der Waals surface area contributed by atoms with Crippen molar-refractivity contribution in [3.05, 3.63) is 0 Å². The van der Waals surface area contributed by atoms with Crippen LogP contribution in [-0.4, -0.2) is 27.6 Å². The molecule has 0 spiro atoms. The highest BCUT2D eigenvalue weighted by atomic mass is 16.5. The SMILES string of the molecule is COBC(=O)OC. The van der Waals surface area contributed by atoms with Crippen molar-refractivity contribution >= 4 is 13.4 Å². The molecule has 7 heavy (non-hydrogen) atoms. The Hall–Kier alpha value is -0.505. The molecule has 0 saturated carbocycles. The second kappa shape index (κ2) is 3.68. The van der Waals surface area contributed by atoms with Gasteiger partial charge in [0.25, 0.3) is 5.87 Å². The fourth-order valence-corrected chi connectivity index (χ4v) is 0.177. The highest BCUT2D eigenvalue weighted by molar-refractivity contribution is 6.66. The quantitative estimate of drug-likeness (QED) is 0.451. The molecule has 0 heterocycles. The summed E-state index contributed by atoms with van der Waals surface area (Å²) in [4.78, 5) is 10.1. The first-order valence-corrected chi connectivity index (χ1v) is 1.87. The van der Waals surface area contributed by atoms with Crippen LogP contribution in [0.3, 0.4) is 0 Å². The number of hydrogen-bond acceptors (Lipinski definition) is 3. The lowest BCUT2D eigenvalue weighted by Crippen LogP contribution is -2.09. The first-order chi connectivity index (χ1) is 3.31. The van der Waals surface area contributed by atoms with Gasteiger partial charge in [-0.3, -0.25) is 4.79 Å². The Morgan fingerprint density at radius 1 is 1.57 bits per heavy atom. The summed E-state index contributed by atoms with van der Waals surface area (Å²) in [5.41, 5.74) is 0. The van der Waals surface area contributed by atoms with Gasteiger partial charge in [0.05, 0.1) is 7.11 Å². The number of methoxy groups -OCH3 is 1. The van der Waals surface area contributed by atoms with Crippen molar-refractivity contribution < 1.29 is 14.2 Å². The lowest BCUT2D eigenvalue weighted by molar-refractivity contribution is 0.193. The van der Waals surface area contributed by atoms with Crippen LogP contribution in [0.2, 0.25) is 0 Å². The van der Waals surface area contributed by atoms with Crippen LogP contribution in [-0.2, 0) is 9.39 Å². The smallest absolute Gasteiger partial charge is 0.406 e. The van der Waals surface area contributed by atoms with E-state index >= 15 is 0 Å². The molecule has 0 saturated heterocycles. The third-order valence-electron chi connectivity index (χ3n) is 0.490. The van der Waals surface area contributed by atoms with Crippen LogP contribution in [0.25, 0.3) is 0 Å². The zero-order valence-corrected chi connectivity index (χ0v) is 4.43. The molecule has 0 aromatic carbocycles. The van der Waals surface area contributed by atoms with E-state index in [4.69, 9.17) is 0 Å². The molecule has 0 aliphatic heterocycles. The van der Waals surface area contributed by atoms with Gasteiger partial charge in [0, 0.05) is 7.11 Å². The van der Waals surface area contributed by atoms with Crippen LogP contribution in [0.4, 0.5) is 4.79 Å². The summed E-state index contributed by atoms with van der Waals surface area (Å²) >= 11 is 0. The molecular formula is C3H7BO3. The molecule has 0 aromatic heterocycles. The summed E-state index contributed by atoms with van der Waals surface area (Å²) in [6.45, 7) is 0. The van der Waals surface area contributed by atoms with Gasteiger partial charge in [-0.05, 0) is 0 Å². The van der Waals surface area contributed by atoms with Gasteiger partial charge in [-0.2, -0.15) is 0 Å². The molecule has 0 aromatic rings. The Morgan fingerprint density at radius 3 is 2.29 bits per heavy atom. The van der Waals surface area contributed by atoms with E-state index in [-0.39, 0.29) is 13.4 Å². The summed E-state index contributed by atoms with van der Waals surface area (Å²) in [6.07, 6.45) is 0. The van der Waals surface area contributed by atoms with Crippen LogP contribution in [0.1, 0.15) is 0 Å². The van der Waals surface area contributed by atoms with Gasteiger partial charge in [0.15, 0.2) is 0 Å².